The lowest BCUT2D eigenvalue weighted by Crippen LogP contribution is -2.93. The van der Waals surface area contributed by atoms with E-state index in [0.717, 1.165) is 6.54 Å². The molecule has 0 amide bonds. The molecular formula is C7H12F3N4+. The Morgan fingerprint density at radius 3 is 2.71 bits per heavy atom. The van der Waals surface area contributed by atoms with Crippen molar-refractivity contribution in [2.45, 2.75) is 6.18 Å². The molecule has 0 aromatic carbocycles. The van der Waals surface area contributed by atoms with Crippen LogP contribution in [-0.2, 0) is 0 Å². The molecule has 0 saturated carbocycles. The van der Waals surface area contributed by atoms with Crippen LogP contribution in [-0.4, -0.2) is 49.4 Å². The van der Waals surface area contributed by atoms with Crippen LogP contribution in [0.5, 0.6) is 0 Å². The highest BCUT2D eigenvalue weighted by atomic mass is 19.4. The van der Waals surface area contributed by atoms with Crippen molar-refractivity contribution in [3.63, 3.8) is 0 Å². The van der Waals surface area contributed by atoms with Crippen molar-refractivity contribution < 1.29 is 18.5 Å². The minimum atomic E-state index is -4.64. The van der Waals surface area contributed by atoms with Gasteiger partial charge in [0, 0.05) is 6.54 Å². The summed E-state index contributed by atoms with van der Waals surface area (Å²) in [5.41, 5.74) is 0. The van der Waals surface area contributed by atoms with Crippen LogP contribution in [0, 0.1) is 5.41 Å². The molecular weight excluding hydrogens is 197 g/mol. The molecule has 7 heteroatoms. The zero-order valence-corrected chi connectivity index (χ0v) is 7.73. The highest BCUT2D eigenvalue weighted by molar-refractivity contribution is 5.95. The summed E-state index contributed by atoms with van der Waals surface area (Å²) in [6.07, 6.45) is -4.64. The second-order valence-corrected chi connectivity index (χ2v) is 3.18. The van der Waals surface area contributed by atoms with Gasteiger partial charge in [-0.25, -0.2) is 0 Å². The summed E-state index contributed by atoms with van der Waals surface area (Å²) in [5, 5.41) is 8.33. The van der Waals surface area contributed by atoms with Gasteiger partial charge in [0.05, 0.1) is 13.1 Å². The van der Waals surface area contributed by atoms with Crippen LogP contribution < -0.4 is 5.32 Å². The Kier molecular flexibility index (Phi) is 3.22. The van der Waals surface area contributed by atoms with Crippen LogP contribution in [0.2, 0.25) is 0 Å². The first-order chi connectivity index (χ1) is 6.39. The molecule has 0 aliphatic carbocycles. The van der Waals surface area contributed by atoms with E-state index in [2.05, 4.69) is 4.99 Å². The Labute approximate surface area is 79.3 Å². The van der Waals surface area contributed by atoms with Crippen LogP contribution in [0.3, 0.4) is 0 Å². The number of amidine groups is 2. The number of nitrogens with two attached hydrogens (primary N) is 1. The fraction of sp³-hybridized carbons (Fsp3) is 0.714. The van der Waals surface area contributed by atoms with E-state index in [1.54, 1.807) is 12.4 Å². The first-order valence-corrected chi connectivity index (χ1v) is 4.14. The maximum Gasteiger partial charge on any atom is 0.451 e. The van der Waals surface area contributed by atoms with E-state index in [0.29, 0.717) is 18.9 Å². The van der Waals surface area contributed by atoms with Crippen molar-refractivity contribution in [3.8, 4) is 0 Å². The van der Waals surface area contributed by atoms with Gasteiger partial charge in [0.1, 0.15) is 0 Å². The lowest BCUT2D eigenvalue weighted by atomic mass is 10.4. The van der Waals surface area contributed by atoms with Crippen LogP contribution in [0.15, 0.2) is 4.99 Å². The van der Waals surface area contributed by atoms with Crippen LogP contribution in [0.25, 0.3) is 0 Å². The SMILES string of the molecule is CN1CC[NH2+]C(=NC(=N)C(F)(F)F)C1. The summed E-state index contributed by atoms with van der Waals surface area (Å²) in [6, 6.07) is 0. The van der Waals surface area contributed by atoms with Gasteiger partial charge < -0.3 is 0 Å². The molecule has 0 aromatic rings. The average molecular weight is 209 g/mol. The molecule has 1 heterocycles. The normalized spacial score (nSPS) is 22.7. The number of piperazine rings is 1. The van der Waals surface area contributed by atoms with E-state index in [-0.39, 0.29) is 0 Å². The minimum absolute atomic E-state index is 0.320. The zero-order chi connectivity index (χ0) is 10.8. The molecule has 4 nitrogen and oxygen atoms in total. The number of hydrogen-bond acceptors (Lipinski definition) is 2. The Hall–Kier alpha value is -0.950. The maximum absolute atomic E-state index is 11.9. The predicted molar refractivity (Wildman–Crippen MR) is 45.5 cm³/mol. The number of halogens is 3. The van der Waals surface area contributed by atoms with Crippen molar-refractivity contribution in [2.24, 2.45) is 4.99 Å². The Morgan fingerprint density at radius 1 is 1.57 bits per heavy atom. The summed E-state index contributed by atoms with van der Waals surface area (Å²) in [4.78, 5) is 5.10. The summed E-state index contributed by atoms with van der Waals surface area (Å²) < 4.78 is 35.8. The third-order valence-electron chi connectivity index (χ3n) is 1.85. The molecule has 14 heavy (non-hydrogen) atoms. The summed E-state index contributed by atoms with van der Waals surface area (Å²) in [7, 11) is 1.81. The van der Waals surface area contributed by atoms with Crippen LogP contribution >= 0.6 is 0 Å². The largest absolute Gasteiger partial charge is 0.451 e. The molecule has 1 saturated heterocycles. The topological polar surface area (TPSA) is 56.1 Å². The first kappa shape index (κ1) is 11.1. The van der Waals surface area contributed by atoms with Crippen molar-refractivity contribution in [1.29, 1.82) is 5.41 Å². The van der Waals surface area contributed by atoms with Gasteiger partial charge in [-0.15, -0.1) is 0 Å². The van der Waals surface area contributed by atoms with E-state index < -0.39 is 12.0 Å². The number of rotatable bonds is 0. The Balaban J connectivity index is 2.63. The van der Waals surface area contributed by atoms with Gasteiger partial charge in [-0.1, -0.05) is 0 Å². The molecule has 1 fully saturated rings. The molecule has 0 aromatic heterocycles. The van der Waals surface area contributed by atoms with Crippen molar-refractivity contribution in [3.05, 3.63) is 0 Å². The minimum Gasteiger partial charge on any atom is -0.299 e. The monoisotopic (exact) mass is 209 g/mol. The number of nitrogens with zero attached hydrogens (tertiary/aromatic N) is 2. The summed E-state index contributed by atoms with van der Waals surface area (Å²) >= 11 is 0. The number of nitrogens with one attached hydrogen (secondary N) is 1. The molecule has 1 aliphatic rings. The van der Waals surface area contributed by atoms with E-state index >= 15 is 0 Å². The number of alkyl halides is 3. The third kappa shape index (κ3) is 3.08. The van der Waals surface area contributed by atoms with Gasteiger partial charge in [-0.05, 0) is 7.05 Å². The highest BCUT2D eigenvalue weighted by Crippen LogP contribution is 2.16. The lowest BCUT2D eigenvalue weighted by Gasteiger charge is -2.20. The van der Waals surface area contributed by atoms with Gasteiger partial charge in [0.15, 0.2) is 0 Å². The van der Waals surface area contributed by atoms with E-state index in [1.807, 2.05) is 4.90 Å². The molecule has 0 unspecified atom stereocenters. The molecule has 0 atom stereocenters. The second-order valence-electron chi connectivity index (χ2n) is 3.18. The Bertz CT molecular complexity index is 258. The third-order valence-corrected chi connectivity index (χ3v) is 1.85. The summed E-state index contributed by atoms with van der Waals surface area (Å²) in [5.74, 6) is -1.21. The van der Waals surface area contributed by atoms with Gasteiger partial charge in [0.25, 0.3) is 0 Å². The number of quaternary nitrogens is 1. The van der Waals surface area contributed by atoms with Gasteiger partial charge in [-0.2, -0.15) is 18.2 Å². The molecule has 0 bridgehead atoms. The molecule has 3 N–H and O–H groups in total. The fourth-order valence-electron chi connectivity index (χ4n) is 1.16. The fourth-order valence-corrected chi connectivity index (χ4v) is 1.16. The lowest BCUT2D eigenvalue weighted by molar-refractivity contribution is -0.548. The van der Waals surface area contributed by atoms with Crippen LogP contribution in [0.1, 0.15) is 0 Å². The van der Waals surface area contributed by atoms with Crippen molar-refractivity contribution in [1.82, 2.24) is 4.90 Å². The second kappa shape index (κ2) is 4.05. The summed E-state index contributed by atoms with van der Waals surface area (Å²) in [6.45, 7) is 1.87. The Morgan fingerprint density at radius 2 is 2.21 bits per heavy atom. The van der Waals surface area contributed by atoms with E-state index in [1.165, 1.54) is 0 Å². The first-order valence-electron chi connectivity index (χ1n) is 4.14. The van der Waals surface area contributed by atoms with Gasteiger partial charge in [0.2, 0.25) is 11.7 Å². The van der Waals surface area contributed by atoms with Crippen LogP contribution in [0.4, 0.5) is 13.2 Å². The van der Waals surface area contributed by atoms with Crippen molar-refractivity contribution >= 4 is 11.7 Å². The quantitative estimate of drug-likeness (QED) is 0.407. The molecule has 0 radical (unpaired) electrons. The molecule has 1 rings (SSSR count). The zero-order valence-electron chi connectivity index (χ0n) is 7.73. The van der Waals surface area contributed by atoms with Crippen molar-refractivity contribution in [2.75, 3.05) is 26.7 Å². The molecule has 0 spiro atoms. The predicted octanol–water partition coefficient (Wildman–Crippen LogP) is -0.567. The molecule has 80 valence electrons. The van der Waals surface area contributed by atoms with Gasteiger partial charge in [-0.3, -0.25) is 15.6 Å². The maximum atomic E-state index is 11.9. The standard InChI is InChI=1S/C7H11F3N4/c1-14-3-2-12-5(4-14)13-6(11)7(8,9)10/h2-4H2,1H3,(H2,11,12,13)/p+1. The number of hydrogen-bond donors (Lipinski definition) is 2. The van der Waals surface area contributed by atoms with E-state index in [4.69, 9.17) is 5.41 Å². The number of likely N-dealkylation sites (N-methyl/N-ethyl adjacent to an activating group) is 1. The average Bonchev–Trinajstić information content (AvgIpc) is 2.02. The van der Waals surface area contributed by atoms with Gasteiger partial charge >= 0.3 is 6.18 Å². The number of aliphatic imine (C=N–C) groups is 1. The molecule has 1 aliphatic heterocycles. The highest BCUT2D eigenvalue weighted by Gasteiger charge is 2.35. The smallest absolute Gasteiger partial charge is 0.299 e. The van der Waals surface area contributed by atoms with E-state index in [9.17, 15) is 13.2 Å².